The normalized spacial score (nSPS) is 11.5. The number of nitrogens with zero attached hydrogens (tertiary/aromatic N) is 3. The van der Waals surface area contributed by atoms with E-state index in [2.05, 4.69) is 39.4 Å². The van der Waals surface area contributed by atoms with Crippen LogP contribution in [-0.2, 0) is 14.8 Å². The van der Waals surface area contributed by atoms with E-state index in [1.165, 1.54) is 24.8 Å². The zero-order valence-electron chi connectivity index (χ0n) is 21.8. The number of benzene rings is 3. The van der Waals surface area contributed by atoms with Gasteiger partial charge in [0.2, 0.25) is 0 Å². The molecule has 38 heavy (non-hydrogen) atoms. The number of hydrogen-bond donors (Lipinski definition) is 1. The van der Waals surface area contributed by atoms with Gasteiger partial charge in [-0.3, -0.25) is 9.10 Å². The lowest BCUT2D eigenvalue weighted by Crippen LogP contribution is -2.39. The Kier molecular flexibility index (Phi) is 7.97. The Morgan fingerprint density at radius 3 is 2.26 bits per heavy atom. The first-order valence-electron chi connectivity index (χ1n) is 12.0. The number of aromatic nitrogens is 1. The van der Waals surface area contributed by atoms with E-state index in [9.17, 15) is 13.2 Å². The third-order valence-corrected chi connectivity index (χ3v) is 7.92. The van der Waals surface area contributed by atoms with Crippen molar-refractivity contribution in [3.05, 3.63) is 107 Å². The first-order valence-corrected chi connectivity index (χ1v) is 13.4. The van der Waals surface area contributed by atoms with Crippen molar-refractivity contribution < 1.29 is 17.9 Å². The molecule has 8 nitrogen and oxygen atoms in total. The highest BCUT2D eigenvalue weighted by Crippen LogP contribution is 2.26. The van der Waals surface area contributed by atoms with Gasteiger partial charge in [-0.05, 0) is 75.4 Å². The van der Waals surface area contributed by atoms with E-state index < -0.39 is 22.5 Å². The van der Waals surface area contributed by atoms with Gasteiger partial charge in [0.15, 0.2) is 0 Å². The predicted molar refractivity (Wildman–Crippen MR) is 150 cm³/mol. The Morgan fingerprint density at radius 1 is 0.974 bits per heavy atom. The van der Waals surface area contributed by atoms with Gasteiger partial charge in [0.25, 0.3) is 15.9 Å². The number of nitrogens with one attached hydrogen (secondary N) is 1. The molecule has 9 heteroatoms. The zero-order valence-corrected chi connectivity index (χ0v) is 22.6. The van der Waals surface area contributed by atoms with E-state index in [0.29, 0.717) is 11.4 Å². The van der Waals surface area contributed by atoms with Gasteiger partial charge in [-0.1, -0.05) is 35.9 Å². The van der Waals surface area contributed by atoms with Crippen molar-refractivity contribution in [2.75, 3.05) is 18.0 Å². The number of ether oxygens (including phenoxy) is 1. The minimum atomic E-state index is -4.01. The van der Waals surface area contributed by atoms with Crippen molar-refractivity contribution in [2.45, 2.75) is 25.7 Å². The molecule has 0 unspecified atom stereocenters. The summed E-state index contributed by atoms with van der Waals surface area (Å²) in [5.74, 6) is -0.00739. The standard InChI is InChI=1S/C29H30N4O4S/c1-21-10-12-26(13-11-21)33-22(2)18-24(23(33)3)19-30-31-29(34)20-32(25-14-16-27(37-4)17-15-25)38(35,36)28-8-6-5-7-9-28/h5-19H,20H2,1-4H3,(H,31,34)/b30-19-. The molecule has 0 saturated heterocycles. The summed E-state index contributed by atoms with van der Waals surface area (Å²) in [6.45, 7) is 5.57. The number of amides is 1. The maximum Gasteiger partial charge on any atom is 0.264 e. The number of carbonyl (C=O) groups is 1. The Morgan fingerprint density at radius 2 is 1.63 bits per heavy atom. The molecule has 0 radical (unpaired) electrons. The molecule has 1 N–H and O–H groups in total. The summed E-state index contributed by atoms with van der Waals surface area (Å²) in [5, 5.41) is 4.11. The van der Waals surface area contributed by atoms with Crippen molar-refractivity contribution in [1.29, 1.82) is 0 Å². The first-order chi connectivity index (χ1) is 18.2. The second-order valence-corrected chi connectivity index (χ2v) is 10.7. The molecule has 3 aromatic carbocycles. The van der Waals surface area contributed by atoms with Crippen LogP contribution in [0.5, 0.6) is 5.75 Å². The molecule has 0 bridgehead atoms. The Balaban J connectivity index is 1.54. The number of hydrazone groups is 1. The summed E-state index contributed by atoms with van der Waals surface area (Å²) >= 11 is 0. The van der Waals surface area contributed by atoms with Crippen LogP contribution < -0.4 is 14.5 Å². The van der Waals surface area contributed by atoms with Crippen LogP contribution >= 0.6 is 0 Å². The number of anilines is 1. The highest BCUT2D eigenvalue weighted by Gasteiger charge is 2.27. The van der Waals surface area contributed by atoms with Crippen LogP contribution in [0.15, 0.2) is 94.9 Å². The van der Waals surface area contributed by atoms with Gasteiger partial charge in [-0.15, -0.1) is 0 Å². The number of hydrogen-bond acceptors (Lipinski definition) is 5. The summed E-state index contributed by atoms with van der Waals surface area (Å²) in [4.78, 5) is 12.9. The summed E-state index contributed by atoms with van der Waals surface area (Å²) < 4.78 is 35.2. The lowest BCUT2D eigenvalue weighted by molar-refractivity contribution is -0.119. The van der Waals surface area contributed by atoms with Crippen LogP contribution in [0.25, 0.3) is 5.69 Å². The summed E-state index contributed by atoms with van der Waals surface area (Å²) in [6, 6.07) is 24.7. The number of carbonyl (C=O) groups excluding carboxylic acids is 1. The molecule has 4 aromatic rings. The van der Waals surface area contributed by atoms with Crippen molar-refractivity contribution in [3.8, 4) is 11.4 Å². The SMILES string of the molecule is COc1ccc(N(CC(=O)N/N=C\c2cc(C)n(-c3ccc(C)cc3)c2C)S(=O)(=O)c2ccccc2)cc1. The maximum absolute atomic E-state index is 13.4. The first kappa shape index (κ1) is 26.7. The third-order valence-electron chi connectivity index (χ3n) is 6.13. The van der Waals surface area contributed by atoms with Gasteiger partial charge in [-0.25, -0.2) is 13.8 Å². The Hall–Kier alpha value is -4.37. The Labute approximate surface area is 223 Å². The summed E-state index contributed by atoms with van der Waals surface area (Å²) in [5.41, 5.74) is 7.85. The quantitative estimate of drug-likeness (QED) is 0.250. The molecule has 1 aromatic heterocycles. The Bertz CT molecular complexity index is 1540. The fourth-order valence-electron chi connectivity index (χ4n) is 4.13. The smallest absolute Gasteiger partial charge is 0.264 e. The van der Waals surface area contributed by atoms with E-state index in [1.54, 1.807) is 48.7 Å². The van der Waals surface area contributed by atoms with Gasteiger partial charge < -0.3 is 9.30 Å². The number of rotatable bonds is 9. The number of methoxy groups -OCH3 is 1. The second-order valence-electron chi connectivity index (χ2n) is 8.81. The molecule has 0 saturated carbocycles. The largest absolute Gasteiger partial charge is 0.497 e. The summed E-state index contributed by atoms with van der Waals surface area (Å²) in [6.07, 6.45) is 1.56. The van der Waals surface area contributed by atoms with E-state index in [4.69, 9.17) is 4.74 Å². The van der Waals surface area contributed by atoms with E-state index >= 15 is 0 Å². The fraction of sp³-hybridized carbons (Fsp3) is 0.172. The van der Waals surface area contributed by atoms with Crippen LogP contribution in [0.1, 0.15) is 22.5 Å². The van der Waals surface area contributed by atoms with Crippen molar-refractivity contribution in [2.24, 2.45) is 5.10 Å². The third kappa shape index (κ3) is 5.78. The summed E-state index contributed by atoms with van der Waals surface area (Å²) in [7, 11) is -2.49. The monoisotopic (exact) mass is 530 g/mol. The van der Waals surface area contributed by atoms with Gasteiger partial charge in [-0.2, -0.15) is 5.10 Å². The highest BCUT2D eigenvalue weighted by atomic mass is 32.2. The number of sulfonamides is 1. The molecule has 0 fully saturated rings. The second kappa shape index (κ2) is 11.4. The number of aryl methyl sites for hydroxylation is 2. The fourth-order valence-corrected chi connectivity index (χ4v) is 5.57. The van der Waals surface area contributed by atoms with Gasteiger partial charge >= 0.3 is 0 Å². The average Bonchev–Trinajstić information content (AvgIpc) is 3.20. The molecule has 0 aliphatic carbocycles. The van der Waals surface area contributed by atoms with E-state index in [-0.39, 0.29) is 4.90 Å². The topological polar surface area (TPSA) is 93.0 Å². The highest BCUT2D eigenvalue weighted by molar-refractivity contribution is 7.92. The van der Waals surface area contributed by atoms with Crippen LogP contribution in [0.3, 0.4) is 0 Å². The molecule has 0 atom stereocenters. The molecule has 1 heterocycles. The molecule has 4 rings (SSSR count). The molecular weight excluding hydrogens is 500 g/mol. The van der Waals surface area contributed by atoms with Crippen LogP contribution in [0.2, 0.25) is 0 Å². The molecule has 1 amide bonds. The van der Waals surface area contributed by atoms with Crippen LogP contribution in [0, 0.1) is 20.8 Å². The maximum atomic E-state index is 13.4. The van der Waals surface area contributed by atoms with Crippen molar-refractivity contribution in [1.82, 2.24) is 9.99 Å². The molecular formula is C29H30N4O4S. The molecule has 0 spiro atoms. The lowest BCUT2D eigenvalue weighted by Gasteiger charge is -2.23. The van der Waals surface area contributed by atoms with Gasteiger partial charge in [0.1, 0.15) is 12.3 Å². The minimum absolute atomic E-state index is 0.0793. The van der Waals surface area contributed by atoms with Crippen molar-refractivity contribution >= 4 is 27.8 Å². The van der Waals surface area contributed by atoms with E-state index in [0.717, 1.165) is 26.9 Å². The van der Waals surface area contributed by atoms with Crippen LogP contribution in [-0.4, -0.2) is 38.8 Å². The molecule has 196 valence electrons. The van der Waals surface area contributed by atoms with Crippen molar-refractivity contribution in [3.63, 3.8) is 0 Å². The molecule has 0 aliphatic rings. The van der Waals surface area contributed by atoms with Crippen LogP contribution in [0.4, 0.5) is 5.69 Å². The zero-order chi connectivity index (χ0) is 27.3. The van der Waals surface area contributed by atoms with Gasteiger partial charge in [0.05, 0.1) is 23.9 Å². The molecule has 0 aliphatic heterocycles. The average molecular weight is 531 g/mol. The minimum Gasteiger partial charge on any atom is -0.497 e. The lowest BCUT2D eigenvalue weighted by atomic mass is 10.2. The van der Waals surface area contributed by atoms with Gasteiger partial charge in [0, 0.05) is 22.6 Å². The predicted octanol–water partition coefficient (Wildman–Crippen LogP) is 4.76. The van der Waals surface area contributed by atoms with E-state index in [1.807, 2.05) is 26.8 Å².